The van der Waals surface area contributed by atoms with Gasteiger partial charge >= 0.3 is 0 Å². The number of hydrogen-bond donors (Lipinski definition) is 1. The highest BCUT2D eigenvalue weighted by Crippen LogP contribution is 2.44. The smallest absolute Gasteiger partial charge is 0.264 e. The van der Waals surface area contributed by atoms with E-state index in [4.69, 9.17) is 9.47 Å². The second-order valence-corrected chi connectivity index (χ2v) is 8.37. The lowest BCUT2D eigenvalue weighted by atomic mass is 9.88. The fourth-order valence-corrected chi connectivity index (χ4v) is 4.38. The second kappa shape index (κ2) is 7.50. The van der Waals surface area contributed by atoms with E-state index in [2.05, 4.69) is 0 Å². The number of anilines is 1. The molecule has 0 fully saturated rings. The van der Waals surface area contributed by atoms with Crippen LogP contribution in [0.2, 0.25) is 0 Å². The molecule has 2 aliphatic rings. The molecule has 0 saturated heterocycles. The summed E-state index contributed by atoms with van der Waals surface area (Å²) >= 11 is 0. The number of para-hydroxylation sites is 1. The van der Waals surface area contributed by atoms with Gasteiger partial charge in [-0.3, -0.25) is 9.59 Å². The van der Waals surface area contributed by atoms with E-state index in [1.807, 2.05) is 38.1 Å². The predicted octanol–water partition coefficient (Wildman–Crippen LogP) is 4.04. The SMILES string of the molecule is Cc1ccc(C)c(CN2C(=O)C(O)(CC(=O)c3ccc4c(c3)OCO4)c3ccccc32)c1. The lowest BCUT2D eigenvalue weighted by molar-refractivity contribution is -0.136. The lowest BCUT2D eigenvalue weighted by Gasteiger charge is -2.23. The number of nitrogens with zero attached hydrogens (tertiary/aromatic N) is 1. The Balaban J connectivity index is 1.48. The number of aryl methyl sites for hydroxylation is 2. The molecule has 6 nitrogen and oxygen atoms in total. The molecule has 0 saturated carbocycles. The molecule has 1 N–H and O–H groups in total. The highest BCUT2D eigenvalue weighted by molar-refractivity contribution is 6.10. The monoisotopic (exact) mass is 429 g/mol. The Morgan fingerprint density at radius 2 is 1.81 bits per heavy atom. The van der Waals surface area contributed by atoms with Gasteiger partial charge in [-0.1, -0.05) is 42.0 Å². The summed E-state index contributed by atoms with van der Waals surface area (Å²) in [6.45, 7) is 4.43. The van der Waals surface area contributed by atoms with E-state index in [0.717, 1.165) is 16.7 Å². The molecule has 0 aromatic heterocycles. The van der Waals surface area contributed by atoms with E-state index < -0.39 is 11.5 Å². The number of fused-ring (bicyclic) bond motifs is 2. The van der Waals surface area contributed by atoms with Gasteiger partial charge in [-0.15, -0.1) is 0 Å². The van der Waals surface area contributed by atoms with Crippen molar-refractivity contribution in [2.24, 2.45) is 0 Å². The Hall–Kier alpha value is -3.64. The van der Waals surface area contributed by atoms with Gasteiger partial charge in [0.1, 0.15) is 0 Å². The Morgan fingerprint density at radius 3 is 2.66 bits per heavy atom. The van der Waals surface area contributed by atoms with Gasteiger partial charge in [-0.05, 0) is 49.2 Å². The van der Waals surface area contributed by atoms with Crippen LogP contribution >= 0.6 is 0 Å². The molecule has 0 spiro atoms. The fraction of sp³-hybridized carbons (Fsp3) is 0.231. The van der Waals surface area contributed by atoms with E-state index in [9.17, 15) is 14.7 Å². The average Bonchev–Trinajstić information content (AvgIpc) is 3.33. The Morgan fingerprint density at radius 1 is 1.03 bits per heavy atom. The maximum absolute atomic E-state index is 13.5. The molecule has 2 aliphatic heterocycles. The Labute approximate surface area is 186 Å². The molecule has 5 rings (SSSR count). The van der Waals surface area contributed by atoms with Crippen LogP contribution < -0.4 is 14.4 Å². The number of ether oxygens (including phenoxy) is 2. The van der Waals surface area contributed by atoms with Crippen molar-refractivity contribution in [3.63, 3.8) is 0 Å². The van der Waals surface area contributed by atoms with Crippen LogP contribution in [0.25, 0.3) is 0 Å². The Bertz CT molecular complexity index is 1250. The Kier molecular flexibility index (Phi) is 4.75. The van der Waals surface area contributed by atoms with Gasteiger partial charge in [0.2, 0.25) is 6.79 Å². The van der Waals surface area contributed by atoms with Gasteiger partial charge < -0.3 is 19.5 Å². The fourth-order valence-electron chi connectivity index (χ4n) is 4.38. The number of Topliss-reactive ketones (excluding diaryl/α,β-unsaturated/α-hetero) is 1. The molecule has 0 bridgehead atoms. The van der Waals surface area contributed by atoms with Crippen molar-refractivity contribution in [3.05, 3.63) is 88.5 Å². The van der Waals surface area contributed by atoms with Crippen LogP contribution in [0.5, 0.6) is 11.5 Å². The average molecular weight is 429 g/mol. The minimum Gasteiger partial charge on any atom is -0.454 e. The van der Waals surface area contributed by atoms with Gasteiger partial charge in [-0.25, -0.2) is 0 Å². The largest absolute Gasteiger partial charge is 0.454 e. The summed E-state index contributed by atoms with van der Waals surface area (Å²) in [4.78, 5) is 28.2. The molecule has 2 heterocycles. The molecular weight excluding hydrogens is 406 g/mol. The third kappa shape index (κ3) is 3.24. The van der Waals surface area contributed by atoms with Crippen molar-refractivity contribution >= 4 is 17.4 Å². The highest BCUT2D eigenvalue weighted by Gasteiger charge is 2.50. The third-order valence-corrected chi connectivity index (χ3v) is 6.18. The first-order valence-corrected chi connectivity index (χ1v) is 10.5. The van der Waals surface area contributed by atoms with Crippen molar-refractivity contribution < 1.29 is 24.2 Å². The summed E-state index contributed by atoms with van der Waals surface area (Å²) in [7, 11) is 0. The van der Waals surface area contributed by atoms with E-state index in [1.165, 1.54) is 0 Å². The number of ketones is 1. The zero-order chi connectivity index (χ0) is 22.5. The summed E-state index contributed by atoms with van der Waals surface area (Å²) < 4.78 is 10.6. The first kappa shape index (κ1) is 20.3. The maximum atomic E-state index is 13.5. The summed E-state index contributed by atoms with van der Waals surface area (Å²) in [5, 5.41) is 11.5. The topological polar surface area (TPSA) is 76.1 Å². The number of carbonyl (C=O) groups is 2. The first-order valence-electron chi connectivity index (χ1n) is 10.5. The number of hydrogen-bond acceptors (Lipinski definition) is 5. The number of aliphatic hydroxyl groups is 1. The van der Waals surface area contributed by atoms with E-state index in [1.54, 1.807) is 41.3 Å². The number of benzene rings is 3. The summed E-state index contributed by atoms with van der Waals surface area (Å²) in [6, 6.07) is 18.1. The maximum Gasteiger partial charge on any atom is 0.264 e. The normalized spacial score (nSPS) is 18.7. The van der Waals surface area contributed by atoms with Crippen LogP contribution in [0, 0.1) is 13.8 Å². The minimum absolute atomic E-state index is 0.107. The van der Waals surface area contributed by atoms with Crippen LogP contribution in [0.4, 0.5) is 5.69 Å². The zero-order valence-corrected chi connectivity index (χ0v) is 17.9. The molecule has 6 heteroatoms. The third-order valence-electron chi connectivity index (χ3n) is 6.18. The summed E-state index contributed by atoms with van der Waals surface area (Å²) in [6.07, 6.45) is -0.355. The molecule has 1 unspecified atom stereocenters. The summed E-state index contributed by atoms with van der Waals surface area (Å²) in [5.74, 6) is 0.219. The van der Waals surface area contributed by atoms with Gasteiger partial charge in [0, 0.05) is 11.1 Å². The predicted molar refractivity (Wildman–Crippen MR) is 119 cm³/mol. The first-order chi connectivity index (χ1) is 15.4. The van der Waals surface area contributed by atoms with Crippen molar-refractivity contribution in [2.45, 2.75) is 32.4 Å². The van der Waals surface area contributed by atoms with E-state index >= 15 is 0 Å². The lowest BCUT2D eigenvalue weighted by Crippen LogP contribution is -2.41. The highest BCUT2D eigenvalue weighted by atomic mass is 16.7. The van der Waals surface area contributed by atoms with Crippen molar-refractivity contribution in [2.75, 3.05) is 11.7 Å². The van der Waals surface area contributed by atoms with E-state index in [0.29, 0.717) is 34.9 Å². The van der Waals surface area contributed by atoms with Crippen LogP contribution in [0.1, 0.15) is 39.0 Å². The molecule has 0 aliphatic carbocycles. The van der Waals surface area contributed by atoms with Crippen molar-refractivity contribution in [3.8, 4) is 11.5 Å². The summed E-state index contributed by atoms with van der Waals surface area (Å²) in [5.41, 5.74) is 2.66. The van der Waals surface area contributed by atoms with Crippen LogP contribution in [-0.2, 0) is 16.9 Å². The molecule has 1 amide bonds. The van der Waals surface area contributed by atoms with Crippen molar-refractivity contribution in [1.29, 1.82) is 0 Å². The van der Waals surface area contributed by atoms with Gasteiger partial charge in [0.15, 0.2) is 22.9 Å². The van der Waals surface area contributed by atoms with Gasteiger partial charge in [0.25, 0.3) is 5.91 Å². The molecular formula is C26H23NO5. The molecule has 3 aromatic carbocycles. The molecule has 32 heavy (non-hydrogen) atoms. The number of amides is 1. The molecule has 0 radical (unpaired) electrons. The second-order valence-electron chi connectivity index (χ2n) is 8.37. The van der Waals surface area contributed by atoms with Crippen LogP contribution in [0.15, 0.2) is 60.7 Å². The standard InChI is InChI=1S/C26H23NO5/c1-16-7-8-17(2)19(11-16)14-27-21-6-4-3-5-20(21)26(30,25(27)29)13-22(28)18-9-10-23-24(12-18)32-15-31-23/h3-12,30H,13-15H2,1-2H3. The quantitative estimate of drug-likeness (QED) is 0.620. The van der Waals surface area contributed by atoms with E-state index in [-0.39, 0.29) is 19.0 Å². The van der Waals surface area contributed by atoms with Crippen molar-refractivity contribution in [1.82, 2.24) is 0 Å². The van der Waals surface area contributed by atoms with Crippen LogP contribution in [0.3, 0.4) is 0 Å². The number of carbonyl (C=O) groups excluding carboxylic acids is 2. The van der Waals surface area contributed by atoms with Crippen LogP contribution in [-0.4, -0.2) is 23.6 Å². The molecule has 1 atom stereocenters. The zero-order valence-electron chi connectivity index (χ0n) is 17.9. The van der Waals surface area contributed by atoms with Gasteiger partial charge in [-0.2, -0.15) is 0 Å². The molecule has 162 valence electrons. The van der Waals surface area contributed by atoms with Gasteiger partial charge in [0.05, 0.1) is 18.7 Å². The minimum atomic E-state index is -1.93. The number of rotatable bonds is 5. The molecule has 3 aromatic rings.